The fourth-order valence-electron chi connectivity index (χ4n) is 2.65. The lowest BCUT2D eigenvalue weighted by molar-refractivity contribution is 0.0699. The number of anilines is 2. The van der Waals surface area contributed by atoms with Gasteiger partial charge in [0.25, 0.3) is 0 Å². The molecule has 1 saturated heterocycles. The highest BCUT2D eigenvalue weighted by molar-refractivity contribution is 6.33. The smallest absolute Gasteiger partial charge is 0.126 e. The molecule has 0 unspecified atom stereocenters. The summed E-state index contributed by atoms with van der Waals surface area (Å²) < 4.78 is 5.39. The van der Waals surface area contributed by atoms with Crippen LogP contribution >= 0.6 is 11.6 Å². The Morgan fingerprint density at radius 1 is 1.26 bits per heavy atom. The van der Waals surface area contributed by atoms with Crippen molar-refractivity contribution in [2.45, 2.75) is 12.8 Å². The number of nitrogens with zero attached hydrogens (tertiary/aromatic N) is 2. The Labute approximate surface area is 141 Å². The van der Waals surface area contributed by atoms with Crippen molar-refractivity contribution in [2.75, 3.05) is 37.4 Å². The maximum atomic E-state index is 6.27. The second-order valence-electron chi connectivity index (χ2n) is 5.64. The summed E-state index contributed by atoms with van der Waals surface area (Å²) in [6, 6.07) is 7.84. The van der Waals surface area contributed by atoms with Gasteiger partial charge in [0.05, 0.1) is 10.7 Å². The van der Waals surface area contributed by atoms with Gasteiger partial charge in [0, 0.05) is 38.6 Å². The van der Waals surface area contributed by atoms with Gasteiger partial charge in [0.1, 0.15) is 11.6 Å². The molecule has 0 bridgehead atoms. The first kappa shape index (κ1) is 16.0. The predicted molar refractivity (Wildman–Crippen MR) is 94.1 cm³/mol. The zero-order valence-corrected chi connectivity index (χ0v) is 13.9. The number of rotatable bonds is 5. The summed E-state index contributed by atoms with van der Waals surface area (Å²) in [5.74, 6) is 2.29. The minimum absolute atomic E-state index is 0.595. The van der Waals surface area contributed by atoms with E-state index >= 15 is 0 Å². The number of hydrogen-bond acceptors (Lipinski definition) is 5. The summed E-state index contributed by atoms with van der Waals surface area (Å²) >= 11 is 6.27. The van der Waals surface area contributed by atoms with E-state index in [2.05, 4.69) is 20.6 Å². The summed E-state index contributed by atoms with van der Waals surface area (Å²) in [6.45, 7) is 2.64. The molecule has 1 aliphatic heterocycles. The van der Waals surface area contributed by atoms with Crippen molar-refractivity contribution < 1.29 is 4.74 Å². The molecule has 122 valence electrons. The van der Waals surface area contributed by atoms with Crippen LogP contribution in [0, 0.1) is 5.92 Å². The van der Waals surface area contributed by atoms with Crippen LogP contribution in [0.25, 0.3) is 11.3 Å². The molecule has 0 amide bonds. The van der Waals surface area contributed by atoms with Crippen molar-refractivity contribution in [2.24, 2.45) is 5.92 Å². The molecule has 2 aromatic heterocycles. The maximum absolute atomic E-state index is 6.27. The summed E-state index contributed by atoms with van der Waals surface area (Å²) in [6.07, 6.45) is 3.86. The topological polar surface area (TPSA) is 59.1 Å². The Morgan fingerprint density at radius 3 is 2.87 bits per heavy atom. The van der Waals surface area contributed by atoms with Gasteiger partial charge in [-0.3, -0.25) is 0 Å². The van der Waals surface area contributed by atoms with Crippen molar-refractivity contribution in [1.82, 2.24) is 9.97 Å². The van der Waals surface area contributed by atoms with Crippen LogP contribution in [0.5, 0.6) is 0 Å². The lowest BCUT2D eigenvalue weighted by Crippen LogP contribution is -2.22. The third kappa shape index (κ3) is 4.12. The van der Waals surface area contributed by atoms with E-state index in [1.807, 2.05) is 31.3 Å². The van der Waals surface area contributed by atoms with E-state index in [0.29, 0.717) is 10.9 Å². The molecule has 0 radical (unpaired) electrons. The monoisotopic (exact) mass is 332 g/mol. The molecule has 1 aliphatic rings. The quantitative estimate of drug-likeness (QED) is 0.874. The third-order valence-corrected chi connectivity index (χ3v) is 4.35. The fraction of sp³-hybridized carbons (Fsp3) is 0.412. The van der Waals surface area contributed by atoms with Gasteiger partial charge >= 0.3 is 0 Å². The molecule has 23 heavy (non-hydrogen) atoms. The second kappa shape index (κ2) is 7.62. The average molecular weight is 333 g/mol. The molecule has 1 fully saturated rings. The number of ether oxygens (including phenoxy) is 1. The first-order valence-electron chi connectivity index (χ1n) is 7.88. The molecule has 3 rings (SSSR count). The van der Waals surface area contributed by atoms with Crippen molar-refractivity contribution in [1.29, 1.82) is 0 Å². The molecular formula is C17H21ClN4O. The highest BCUT2D eigenvalue weighted by Crippen LogP contribution is 2.28. The molecule has 3 heterocycles. The Kier molecular flexibility index (Phi) is 5.31. The highest BCUT2D eigenvalue weighted by Gasteiger charge is 2.14. The number of nitrogens with one attached hydrogen (secondary N) is 2. The Hall–Kier alpha value is -1.85. The van der Waals surface area contributed by atoms with Gasteiger partial charge in [-0.25, -0.2) is 9.97 Å². The zero-order valence-electron chi connectivity index (χ0n) is 13.2. The molecule has 0 atom stereocenters. The minimum Gasteiger partial charge on any atom is -0.381 e. The van der Waals surface area contributed by atoms with Gasteiger partial charge in [0.15, 0.2) is 0 Å². The molecule has 2 aromatic rings. The molecule has 0 spiro atoms. The number of pyridine rings is 2. The van der Waals surface area contributed by atoms with Crippen molar-refractivity contribution in [3.05, 3.63) is 35.5 Å². The number of aromatic nitrogens is 2. The van der Waals surface area contributed by atoms with Crippen LogP contribution < -0.4 is 10.6 Å². The van der Waals surface area contributed by atoms with Crippen LogP contribution in [0.15, 0.2) is 30.5 Å². The lowest BCUT2D eigenvalue weighted by atomic mass is 10.0. The van der Waals surface area contributed by atoms with Crippen molar-refractivity contribution >= 4 is 23.2 Å². The molecule has 0 saturated carbocycles. The van der Waals surface area contributed by atoms with E-state index < -0.39 is 0 Å². The van der Waals surface area contributed by atoms with Gasteiger partial charge in [-0.2, -0.15) is 0 Å². The van der Waals surface area contributed by atoms with Gasteiger partial charge in [-0.1, -0.05) is 17.7 Å². The second-order valence-corrected chi connectivity index (χ2v) is 6.05. The van der Waals surface area contributed by atoms with E-state index in [0.717, 1.165) is 55.5 Å². The van der Waals surface area contributed by atoms with Crippen LogP contribution in [0.3, 0.4) is 0 Å². The highest BCUT2D eigenvalue weighted by atomic mass is 35.5. The van der Waals surface area contributed by atoms with E-state index in [9.17, 15) is 0 Å². The molecule has 2 N–H and O–H groups in total. The van der Waals surface area contributed by atoms with Crippen LogP contribution in [0.1, 0.15) is 12.8 Å². The van der Waals surface area contributed by atoms with Crippen molar-refractivity contribution in [3.8, 4) is 11.3 Å². The standard InChI is InChI=1S/C17H21ClN4O/c1-19-17-9-13(14(18)11-21-17)15-3-2-4-16(22-15)20-10-12-5-7-23-8-6-12/h2-4,9,11-12H,5-8,10H2,1H3,(H,19,21)(H,20,22). The number of halogens is 1. The summed E-state index contributed by atoms with van der Waals surface area (Å²) in [4.78, 5) is 8.89. The van der Waals surface area contributed by atoms with Gasteiger partial charge in [-0.05, 0) is 37.0 Å². The maximum Gasteiger partial charge on any atom is 0.126 e. The van der Waals surface area contributed by atoms with Gasteiger partial charge in [-0.15, -0.1) is 0 Å². The molecule has 0 aliphatic carbocycles. The van der Waals surface area contributed by atoms with E-state index in [1.54, 1.807) is 6.20 Å². The number of hydrogen-bond donors (Lipinski definition) is 2. The van der Waals surface area contributed by atoms with Crippen LogP contribution in [0.4, 0.5) is 11.6 Å². The SMILES string of the molecule is CNc1cc(-c2cccc(NCC3CCOCC3)n2)c(Cl)cn1. The van der Waals surface area contributed by atoms with Crippen LogP contribution in [-0.4, -0.2) is 36.8 Å². The first-order valence-corrected chi connectivity index (χ1v) is 8.26. The third-order valence-electron chi connectivity index (χ3n) is 4.05. The molecule has 6 heteroatoms. The fourth-order valence-corrected chi connectivity index (χ4v) is 2.85. The normalized spacial score (nSPS) is 15.4. The summed E-state index contributed by atoms with van der Waals surface area (Å²) in [7, 11) is 1.83. The van der Waals surface area contributed by atoms with Crippen molar-refractivity contribution in [3.63, 3.8) is 0 Å². The largest absolute Gasteiger partial charge is 0.381 e. The molecule has 0 aromatic carbocycles. The molecule has 5 nitrogen and oxygen atoms in total. The molecular weight excluding hydrogens is 312 g/mol. The summed E-state index contributed by atoms with van der Waals surface area (Å²) in [5, 5.41) is 7.05. The zero-order chi connectivity index (χ0) is 16.1. The van der Waals surface area contributed by atoms with E-state index in [4.69, 9.17) is 16.3 Å². The van der Waals surface area contributed by atoms with E-state index in [1.165, 1.54) is 0 Å². The minimum atomic E-state index is 0.595. The Balaban J connectivity index is 1.74. The van der Waals surface area contributed by atoms with Crippen LogP contribution in [0.2, 0.25) is 5.02 Å². The van der Waals surface area contributed by atoms with Gasteiger partial charge in [0.2, 0.25) is 0 Å². The average Bonchev–Trinajstić information content (AvgIpc) is 2.61. The Morgan fingerprint density at radius 2 is 2.09 bits per heavy atom. The van der Waals surface area contributed by atoms with E-state index in [-0.39, 0.29) is 0 Å². The lowest BCUT2D eigenvalue weighted by Gasteiger charge is -2.22. The summed E-state index contributed by atoms with van der Waals surface area (Å²) in [5.41, 5.74) is 1.71. The predicted octanol–water partition coefficient (Wildman–Crippen LogP) is 3.68. The van der Waals surface area contributed by atoms with Gasteiger partial charge < -0.3 is 15.4 Å². The first-order chi connectivity index (χ1) is 11.3. The van der Waals surface area contributed by atoms with Crippen LogP contribution in [-0.2, 0) is 4.74 Å². The Bertz CT molecular complexity index is 659.